The first-order chi connectivity index (χ1) is 9.60. The maximum atomic E-state index is 10.7. The second-order valence-electron chi connectivity index (χ2n) is 4.32. The van der Waals surface area contributed by atoms with Crippen molar-refractivity contribution < 1.29 is 14.8 Å². The molecule has 1 aromatic carbocycles. The molecule has 0 saturated heterocycles. The Morgan fingerprint density at radius 1 is 1.45 bits per heavy atom. The molecule has 1 unspecified atom stereocenters. The van der Waals surface area contributed by atoms with Crippen molar-refractivity contribution in [1.29, 1.82) is 0 Å². The van der Waals surface area contributed by atoms with Gasteiger partial charge in [-0.05, 0) is 18.2 Å². The quantitative estimate of drug-likeness (QED) is 0.614. The fraction of sp³-hybridized carbons (Fsp3) is 0.308. The van der Waals surface area contributed by atoms with Gasteiger partial charge >= 0.3 is 0 Å². The average Bonchev–Trinajstić information content (AvgIpc) is 2.44. The SMILES string of the molecule is COCC(O)CNc1ccc2cc([N+](=O)[O-])ccc2n1. The maximum absolute atomic E-state index is 10.7. The molecule has 1 atom stereocenters. The Morgan fingerprint density at radius 2 is 2.25 bits per heavy atom. The van der Waals surface area contributed by atoms with E-state index in [1.807, 2.05) is 0 Å². The third kappa shape index (κ3) is 3.40. The van der Waals surface area contributed by atoms with Gasteiger partial charge in [0.1, 0.15) is 5.82 Å². The summed E-state index contributed by atoms with van der Waals surface area (Å²) in [5, 5.41) is 23.9. The van der Waals surface area contributed by atoms with Gasteiger partial charge in [0.05, 0.1) is 23.2 Å². The van der Waals surface area contributed by atoms with Crippen molar-refractivity contribution in [1.82, 2.24) is 4.98 Å². The number of nitro benzene ring substituents is 1. The number of non-ortho nitro benzene ring substituents is 1. The van der Waals surface area contributed by atoms with E-state index in [0.29, 0.717) is 23.3 Å². The molecule has 0 spiro atoms. The van der Waals surface area contributed by atoms with Crippen molar-refractivity contribution in [3.05, 3.63) is 40.4 Å². The zero-order valence-corrected chi connectivity index (χ0v) is 10.9. The molecule has 20 heavy (non-hydrogen) atoms. The Morgan fingerprint density at radius 3 is 2.95 bits per heavy atom. The number of nitrogens with zero attached hydrogens (tertiary/aromatic N) is 2. The zero-order valence-electron chi connectivity index (χ0n) is 10.9. The lowest BCUT2D eigenvalue weighted by Crippen LogP contribution is -2.24. The molecule has 0 aliphatic carbocycles. The Kier molecular flexibility index (Phi) is 4.44. The molecule has 0 fully saturated rings. The van der Waals surface area contributed by atoms with Crippen LogP contribution < -0.4 is 5.32 Å². The number of anilines is 1. The van der Waals surface area contributed by atoms with Gasteiger partial charge in [0.25, 0.3) is 5.69 Å². The largest absolute Gasteiger partial charge is 0.389 e. The minimum Gasteiger partial charge on any atom is -0.389 e. The number of nitrogens with one attached hydrogen (secondary N) is 1. The topological polar surface area (TPSA) is 97.5 Å². The van der Waals surface area contributed by atoms with E-state index in [-0.39, 0.29) is 12.3 Å². The highest BCUT2D eigenvalue weighted by molar-refractivity contribution is 5.82. The van der Waals surface area contributed by atoms with E-state index in [9.17, 15) is 15.2 Å². The summed E-state index contributed by atoms with van der Waals surface area (Å²) in [5.74, 6) is 0.599. The summed E-state index contributed by atoms with van der Waals surface area (Å²) < 4.78 is 4.82. The van der Waals surface area contributed by atoms with E-state index < -0.39 is 11.0 Å². The second kappa shape index (κ2) is 6.27. The standard InChI is InChI=1S/C13H15N3O4/c1-20-8-11(17)7-14-13-5-2-9-6-10(16(18)19)3-4-12(9)15-13/h2-6,11,17H,7-8H2,1H3,(H,14,15). The molecular formula is C13H15N3O4. The first kappa shape index (κ1) is 14.2. The minimum atomic E-state index is -0.616. The Hall–Kier alpha value is -2.25. The van der Waals surface area contributed by atoms with E-state index in [1.54, 1.807) is 18.2 Å². The van der Waals surface area contributed by atoms with Crippen LogP contribution in [-0.4, -0.2) is 41.4 Å². The van der Waals surface area contributed by atoms with Gasteiger partial charge in [-0.25, -0.2) is 4.98 Å². The number of hydrogen-bond donors (Lipinski definition) is 2. The highest BCUT2D eigenvalue weighted by Gasteiger charge is 2.08. The van der Waals surface area contributed by atoms with Crippen LogP contribution in [0.4, 0.5) is 11.5 Å². The van der Waals surface area contributed by atoms with Crippen LogP contribution in [0.5, 0.6) is 0 Å². The van der Waals surface area contributed by atoms with E-state index in [1.165, 1.54) is 19.2 Å². The molecule has 2 rings (SSSR count). The third-order valence-electron chi connectivity index (χ3n) is 2.76. The monoisotopic (exact) mass is 277 g/mol. The molecule has 2 N–H and O–H groups in total. The lowest BCUT2D eigenvalue weighted by atomic mass is 10.2. The van der Waals surface area contributed by atoms with Gasteiger partial charge in [0.15, 0.2) is 0 Å². The molecule has 0 saturated carbocycles. The molecule has 1 heterocycles. The Balaban J connectivity index is 2.13. The highest BCUT2D eigenvalue weighted by Crippen LogP contribution is 2.20. The minimum absolute atomic E-state index is 0.0375. The zero-order chi connectivity index (χ0) is 14.5. The van der Waals surface area contributed by atoms with Crippen molar-refractivity contribution in [2.75, 3.05) is 25.6 Å². The van der Waals surface area contributed by atoms with Gasteiger partial charge in [0, 0.05) is 31.2 Å². The van der Waals surface area contributed by atoms with Crippen molar-refractivity contribution in [2.45, 2.75) is 6.10 Å². The molecule has 1 aromatic heterocycles. The molecule has 2 aromatic rings. The van der Waals surface area contributed by atoms with Gasteiger partial charge in [-0.2, -0.15) is 0 Å². The first-order valence-corrected chi connectivity index (χ1v) is 6.06. The van der Waals surface area contributed by atoms with Gasteiger partial charge in [-0.3, -0.25) is 10.1 Å². The van der Waals surface area contributed by atoms with Crippen LogP contribution in [0.25, 0.3) is 10.9 Å². The van der Waals surface area contributed by atoms with Crippen molar-refractivity contribution in [3.63, 3.8) is 0 Å². The number of aliphatic hydroxyl groups is 1. The van der Waals surface area contributed by atoms with Crippen LogP contribution in [-0.2, 0) is 4.74 Å². The van der Waals surface area contributed by atoms with Gasteiger partial charge in [-0.15, -0.1) is 0 Å². The number of ether oxygens (including phenoxy) is 1. The lowest BCUT2D eigenvalue weighted by Gasteiger charge is -2.11. The van der Waals surface area contributed by atoms with Crippen LogP contribution in [0.2, 0.25) is 0 Å². The molecule has 0 aliphatic heterocycles. The van der Waals surface area contributed by atoms with Crippen LogP contribution in [0.3, 0.4) is 0 Å². The summed E-state index contributed by atoms with van der Waals surface area (Å²) in [4.78, 5) is 14.6. The van der Waals surface area contributed by atoms with Gasteiger partial charge < -0.3 is 15.2 Å². The molecular weight excluding hydrogens is 262 g/mol. The third-order valence-corrected chi connectivity index (χ3v) is 2.76. The fourth-order valence-corrected chi connectivity index (χ4v) is 1.80. The predicted octanol–water partition coefficient (Wildman–Crippen LogP) is 1.56. The van der Waals surface area contributed by atoms with Crippen LogP contribution >= 0.6 is 0 Å². The molecule has 0 amide bonds. The predicted molar refractivity (Wildman–Crippen MR) is 74.8 cm³/mol. The fourth-order valence-electron chi connectivity index (χ4n) is 1.80. The number of fused-ring (bicyclic) bond motifs is 1. The van der Waals surface area contributed by atoms with Crippen LogP contribution in [0.15, 0.2) is 30.3 Å². The average molecular weight is 277 g/mol. The molecule has 106 valence electrons. The Bertz CT molecular complexity index is 618. The normalized spacial score (nSPS) is 12.3. The van der Waals surface area contributed by atoms with E-state index in [0.717, 1.165) is 0 Å². The Labute approximate surface area is 115 Å². The first-order valence-electron chi connectivity index (χ1n) is 6.06. The number of benzene rings is 1. The number of methoxy groups -OCH3 is 1. The number of aliphatic hydroxyl groups excluding tert-OH is 1. The highest BCUT2D eigenvalue weighted by atomic mass is 16.6. The van der Waals surface area contributed by atoms with Crippen molar-refractivity contribution >= 4 is 22.4 Å². The summed E-state index contributed by atoms with van der Waals surface area (Å²) in [6.45, 7) is 0.562. The molecule has 0 bridgehead atoms. The van der Waals surface area contributed by atoms with Gasteiger partial charge in [-0.1, -0.05) is 0 Å². The summed E-state index contributed by atoms with van der Waals surface area (Å²) in [6, 6.07) is 7.96. The molecule has 0 aliphatic rings. The number of rotatable bonds is 6. The van der Waals surface area contributed by atoms with E-state index >= 15 is 0 Å². The van der Waals surface area contributed by atoms with Gasteiger partial charge in [0.2, 0.25) is 0 Å². The molecule has 0 radical (unpaired) electrons. The molecule has 7 heteroatoms. The summed E-state index contributed by atoms with van der Waals surface area (Å²) in [7, 11) is 1.52. The summed E-state index contributed by atoms with van der Waals surface area (Å²) in [6.07, 6.45) is -0.616. The number of hydrogen-bond acceptors (Lipinski definition) is 6. The van der Waals surface area contributed by atoms with Crippen molar-refractivity contribution in [2.24, 2.45) is 0 Å². The maximum Gasteiger partial charge on any atom is 0.270 e. The van der Waals surface area contributed by atoms with Crippen molar-refractivity contribution in [3.8, 4) is 0 Å². The van der Waals surface area contributed by atoms with Crippen LogP contribution in [0.1, 0.15) is 0 Å². The van der Waals surface area contributed by atoms with Crippen LogP contribution in [0, 0.1) is 10.1 Å². The second-order valence-corrected chi connectivity index (χ2v) is 4.32. The van der Waals surface area contributed by atoms with E-state index in [4.69, 9.17) is 4.74 Å². The number of pyridine rings is 1. The van der Waals surface area contributed by atoms with E-state index in [2.05, 4.69) is 10.3 Å². The summed E-state index contributed by atoms with van der Waals surface area (Å²) >= 11 is 0. The number of nitro groups is 1. The summed E-state index contributed by atoms with van der Waals surface area (Å²) in [5.41, 5.74) is 0.692. The number of aromatic nitrogens is 1. The smallest absolute Gasteiger partial charge is 0.270 e. The molecule has 7 nitrogen and oxygen atoms in total. The lowest BCUT2D eigenvalue weighted by molar-refractivity contribution is -0.384.